The van der Waals surface area contributed by atoms with Gasteiger partial charge in [0.1, 0.15) is 0 Å². The molecule has 2 unspecified atom stereocenters. The first-order valence-corrected chi connectivity index (χ1v) is 11.6. The lowest BCUT2D eigenvalue weighted by atomic mass is 9.99. The van der Waals surface area contributed by atoms with Gasteiger partial charge in [-0.25, -0.2) is 0 Å². The van der Waals surface area contributed by atoms with E-state index in [0.717, 1.165) is 6.54 Å². The summed E-state index contributed by atoms with van der Waals surface area (Å²) < 4.78 is 0. The summed E-state index contributed by atoms with van der Waals surface area (Å²) in [4.78, 5) is 0. The van der Waals surface area contributed by atoms with Gasteiger partial charge in [0.25, 0.3) is 0 Å². The molecule has 1 N–H and O–H groups in total. The van der Waals surface area contributed by atoms with Crippen LogP contribution >= 0.6 is 8.07 Å². The maximum atomic E-state index is 4.02. The molecule has 0 aliphatic carbocycles. The zero-order valence-corrected chi connectivity index (χ0v) is 18.0. The zero-order chi connectivity index (χ0) is 18.7. The minimum Gasteiger partial charge on any atom is -0.295 e. The molecule has 1 aliphatic rings. The van der Waals surface area contributed by atoms with Crippen molar-refractivity contribution in [2.75, 3.05) is 6.54 Å². The molecule has 2 aromatic rings. The highest BCUT2D eigenvalue weighted by Crippen LogP contribution is 2.67. The summed E-state index contributed by atoms with van der Waals surface area (Å²) in [6.45, 7) is 12.4. The molecule has 0 saturated carbocycles. The highest BCUT2D eigenvalue weighted by Gasteiger charge is 2.37. The Balaban J connectivity index is 1.92. The van der Waals surface area contributed by atoms with Gasteiger partial charge in [0, 0.05) is 11.3 Å². The number of rotatable bonds is 6. The molecule has 2 atom stereocenters. The van der Waals surface area contributed by atoms with Gasteiger partial charge in [0.05, 0.1) is 0 Å². The Kier molecular flexibility index (Phi) is 6.54. The van der Waals surface area contributed by atoms with Crippen LogP contribution < -0.4 is 5.09 Å². The molecule has 2 heteroatoms. The van der Waals surface area contributed by atoms with Gasteiger partial charge in [0.2, 0.25) is 0 Å². The van der Waals surface area contributed by atoms with E-state index in [4.69, 9.17) is 0 Å². The van der Waals surface area contributed by atoms with Crippen molar-refractivity contribution in [1.82, 2.24) is 5.09 Å². The maximum absolute atomic E-state index is 4.02. The molecule has 0 radical (unpaired) electrons. The number of nitrogens with one attached hydrogen (secondary N) is 1. The van der Waals surface area contributed by atoms with E-state index in [1.54, 1.807) is 11.1 Å². The number of hydrogen-bond acceptors (Lipinski definition) is 1. The van der Waals surface area contributed by atoms with E-state index < -0.39 is 0 Å². The molecule has 0 aromatic heterocycles. The number of unbranched alkanes of at least 4 members (excludes halogenated alkanes) is 1. The Hall–Kier alpha value is -1.17. The van der Waals surface area contributed by atoms with E-state index in [9.17, 15) is 0 Å². The quantitative estimate of drug-likeness (QED) is 0.418. The molecule has 140 valence electrons. The average molecular weight is 368 g/mol. The second-order valence-electron chi connectivity index (χ2n) is 8.12. The summed E-state index contributed by atoms with van der Waals surface area (Å²) in [6, 6.07) is 14.3. The Labute approximate surface area is 161 Å². The molecule has 3 rings (SSSR count). The van der Waals surface area contributed by atoms with E-state index in [-0.39, 0.29) is 8.07 Å². The van der Waals surface area contributed by atoms with Crippen LogP contribution in [0.25, 0.3) is 0 Å². The zero-order valence-electron chi connectivity index (χ0n) is 17.1. The standard InChI is InChI=1S/C24H34NP/c1-6-7-10-25-26-23(21-13-17(2)11-18(3)14-21)8-9-24(26)22-15-19(4)12-20(5)16-22/h11-16,23-25H,6-10H2,1-5H3. The number of benzene rings is 2. The van der Waals surface area contributed by atoms with Crippen LogP contribution in [0.2, 0.25) is 0 Å². The predicted molar refractivity (Wildman–Crippen MR) is 116 cm³/mol. The van der Waals surface area contributed by atoms with Crippen LogP contribution in [0.4, 0.5) is 0 Å². The van der Waals surface area contributed by atoms with Crippen molar-refractivity contribution in [1.29, 1.82) is 0 Å². The lowest BCUT2D eigenvalue weighted by molar-refractivity contribution is 0.764. The van der Waals surface area contributed by atoms with Crippen LogP contribution in [0.5, 0.6) is 0 Å². The molecule has 1 saturated heterocycles. The second kappa shape index (κ2) is 8.68. The van der Waals surface area contributed by atoms with Crippen LogP contribution in [0.1, 0.15) is 77.3 Å². The Morgan fingerprint density at radius 3 is 1.58 bits per heavy atom. The largest absolute Gasteiger partial charge is 0.295 e. The van der Waals surface area contributed by atoms with Gasteiger partial charge < -0.3 is 0 Å². The van der Waals surface area contributed by atoms with Crippen LogP contribution in [0.15, 0.2) is 36.4 Å². The molecule has 26 heavy (non-hydrogen) atoms. The number of hydrogen-bond donors (Lipinski definition) is 1. The summed E-state index contributed by atoms with van der Waals surface area (Å²) in [5.74, 6) is 0. The second-order valence-corrected chi connectivity index (χ2v) is 10.5. The minimum absolute atomic E-state index is 0.236. The molecule has 1 heterocycles. The van der Waals surface area contributed by atoms with Crippen LogP contribution in [-0.2, 0) is 0 Å². The van der Waals surface area contributed by atoms with Crippen molar-refractivity contribution in [3.8, 4) is 0 Å². The molecular weight excluding hydrogens is 333 g/mol. The van der Waals surface area contributed by atoms with Crippen molar-refractivity contribution in [2.24, 2.45) is 0 Å². The maximum Gasteiger partial charge on any atom is 0.0178 e. The van der Waals surface area contributed by atoms with Crippen molar-refractivity contribution in [3.63, 3.8) is 0 Å². The lowest BCUT2D eigenvalue weighted by Gasteiger charge is -2.28. The van der Waals surface area contributed by atoms with Crippen LogP contribution in [-0.4, -0.2) is 6.54 Å². The smallest absolute Gasteiger partial charge is 0.0178 e. The van der Waals surface area contributed by atoms with Gasteiger partial charge in [0.15, 0.2) is 0 Å². The van der Waals surface area contributed by atoms with Gasteiger partial charge in [-0.1, -0.05) is 72.0 Å². The molecule has 2 aromatic carbocycles. The van der Waals surface area contributed by atoms with Gasteiger partial charge in [-0.05, 0) is 72.7 Å². The molecule has 1 fully saturated rings. The first-order valence-electron chi connectivity index (χ1n) is 10.2. The first-order chi connectivity index (χ1) is 12.5. The summed E-state index contributed by atoms with van der Waals surface area (Å²) in [6.07, 6.45) is 5.16. The molecule has 1 aliphatic heterocycles. The third kappa shape index (κ3) is 4.56. The highest BCUT2D eigenvalue weighted by molar-refractivity contribution is 7.56. The molecular formula is C24H34NP. The van der Waals surface area contributed by atoms with E-state index >= 15 is 0 Å². The third-order valence-corrected chi connectivity index (χ3v) is 8.51. The summed E-state index contributed by atoms with van der Waals surface area (Å²) in [7, 11) is -0.236. The topological polar surface area (TPSA) is 12.0 Å². The first kappa shape index (κ1) is 19.6. The fourth-order valence-electron chi connectivity index (χ4n) is 4.48. The summed E-state index contributed by atoms with van der Waals surface area (Å²) >= 11 is 0. The SMILES string of the molecule is CCCCNP1C(c2cc(C)cc(C)c2)CCC1c1cc(C)cc(C)c1. The fraction of sp³-hybridized carbons (Fsp3) is 0.500. The Morgan fingerprint density at radius 1 is 0.769 bits per heavy atom. The van der Waals surface area contributed by atoms with Gasteiger partial charge >= 0.3 is 0 Å². The van der Waals surface area contributed by atoms with Gasteiger partial charge in [-0.3, -0.25) is 5.09 Å². The van der Waals surface area contributed by atoms with E-state index in [1.165, 1.54) is 47.9 Å². The summed E-state index contributed by atoms with van der Waals surface area (Å²) in [5, 5.41) is 4.02. The number of aryl methyl sites for hydroxylation is 4. The average Bonchev–Trinajstić information content (AvgIpc) is 2.97. The van der Waals surface area contributed by atoms with Crippen molar-refractivity contribution in [3.05, 3.63) is 69.8 Å². The lowest BCUT2D eigenvalue weighted by Crippen LogP contribution is -2.14. The molecule has 1 nitrogen and oxygen atoms in total. The van der Waals surface area contributed by atoms with Crippen molar-refractivity contribution in [2.45, 2.75) is 71.6 Å². The van der Waals surface area contributed by atoms with E-state index in [2.05, 4.69) is 76.1 Å². The van der Waals surface area contributed by atoms with Crippen molar-refractivity contribution >= 4 is 8.07 Å². The molecule has 0 spiro atoms. The van der Waals surface area contributed by atoms with Gasteiger partial charge in [-0.15, -0.1) is 0 Å². The van der Waals surface area contributed by atoms with Crippen molar-refractivity contribution < 1.29 is 0 Å². The predicted octanol–water partition coefficient (Wildman–Crippen LogP) is 7.28. The minimum atomic E-state index is -0.236. The Bertz CT molecular complexity index is 652. The normalized spacial score (nSPS) is 22.7. The van der Waals surface area contributed by atoms with Crippen LogP contribution in [0, 0.1) is 27.7 Å². The monoisotopic (exact) mass is 367 g/mol. The molecule has 0 amide bonds. The summed E-state index contributed by atoms with van der Waals surface area (Å²) in [5.41, 5.74) is 10.1. The van der Waals surface area contributed by atoms with Gasteiger partial charge in [-0.2, -0.15) is 0 Å². The van der Waals surface area contributed by atoms with E-state index in [0.29, 0.717) is 11.3 Å². The molecule has 0 bridgehead atoms. The highest BCUT2D eigenvalue weighted by atomic mass is 31.1. The fourth-order valence-corrected chi connectivity index (χ4v) is 7.56. The Morgan fingerprint density at radius 2 is 1.19 bits per heavy atom. The van der Waals surface area contributed by atoms with Crippen LogP contribution in [0.3, 0.4) is 0 Å². The third-order valence-electron chi connectivity index (χ3n) is 5.47. The van der Waals surface area contributed by atoms with E-state index in [1.807, 2.05) is 0 Å².